The third-order valence-corrected chi connectivity index (χ3v) is 22.7. The topological polar surface area (TPSA) is 148 Å². The molecule has 0 aliphatic carbocycles. The lowest BCUT2D eigenvalue weighted by atomic mass is 9.88. The minimum absolute atomic E-state index is 0.111. The Labute approximate surface area is 816 Å². The summed E-state index contributed by atoms with van der Waals surface area (Å²) in [7, 11) is 3.18. The molecule has 140 heavy (non-hydrogen) atoms. The average Bonchev–Trinajstić information content (AvgIpc) is 0.734. The number of fused-ring (bicyclic) bond motifs is 2. The standard InChI is InChI=1S/C124H102O16/c1-125-87-139-123-105(53-51-97-55-107(135-83-99-59-111(127-75-89-31-11-3-12-32-89)71-112(60-99)128-76-90-33-13-4-14-34-90)69-108(56-97)136-84-100-61-113(129-77-91-35-15-5-16-36-91)72-114(62-100)130-78-92-37-17-6-18-38-92)67-103-47-27-29-49-119(103)121(123)122-120-50-30-28-48-104(120)68-106(124(122)140-88-126-2)54-52-98-57-109(137-85-101-63-115(131-79-93-39-19-7-20-40-93)73-116(64-101)132-80-94-41-21-8-22-42-94)70-110(58-98)138-86-102-65-117(133-81-95-43-23-9-24-44-95)74-118(66-102)134-82-96-45-25-10-26-46-96/h3-50,55-74H,75-88H2,1-2H3. The SMILES string of the molecule is COCOc1c(C#Cc2cc(OCc3cc(OCc4ccccc4)cc(OCc4ccccc4)c3)cc(OCc3cc(OCc4ccccc4)cc(OCc4ccccc4)c3)c2)cc2ccccc2c1-c1c(OCOC)c(C#Cc2cc(OCc3cc(OCc4ccccc4)cc(OCc4ccccc4)c3)cc(OCc3cc(OCc4ccccc4)cc(OCc4ccccc4)c3)c2)cc2ccccc12. The lowest BCUT2D eigenvalue weighted by Crippen LogP contribution is -2.06. The largest absolute Gasteiger partial charge is 0.489 e. The first-order valence-electron chi connectivity index (χ1n) is 46.3. The van der Waals surface area contributed by atoms with E-state index in [-0.39, 0.29) is 40.0 Å². The van der Waals surface area contributed by atoms with E-state index in [1.165, 1.54) is 0 Å². The number of hydrogen-bond donors (Lipinski definition) is 0. The van der Waals surface area contributed by atoms with Crippen molar-refractivity contribution in [2.45, 2.75) is 79.3 Å². The molecule has 18 aromatic carbocycles. The van der Waals surface area contributed by atoms with E-state index in [1.807, 2.05) is 388 Å². The maximum atomic E-state index is 6.97. The Bertz CT molecular complexity index is 6280. The van der Waals surface area contributed by atoms with E-state index in [4.69, 9.17) is 75.8 Å². The van der Waals surface area contributed by atoms with Gasteiger partial charge in [-0.3, -0.25) is 0 Å². The van der Waals surface area contributed by atoms with Gasteiger partial charge in [-0.05, 0) is 173 Å². The third-order valence-electron chi connectivity index (χ3n) is 22.7. The van der Waals surface area contributed by atoms with E-state index in [2.05, 4.69) is 47.9 Å². The lowest BCUT2D eigenvalue weighted by molar-refractivity contribution is 0.0500. The predicted molar refractivity (Wildman–Crippen MR) is 546 cm³/mol. The van der Waals surface area contributed by atoms with Crippen molar-refractivity contribution < 1.29 is 75.8 Å². The molecule has 0 fully saturated rings. The molecule has 0 saturated carbocycles. The predicted octanol–water partition coefficient (Wildman–Crippen LogP) is 27.4. The molecule has 16 nitrogen and oxygen atoms in total. The number of methoxy groups -OCH3 is 2. The van der Waals surface area contributed by atoms with Crippen molar-refractivity contribution in [1.82, 2.24) is 0 Å². The van der Waals surface area contributed by atoms with Crippen LogP contribution in [-0.4, -0.2) is 27.8 Å². The molecule has 0 amide bonds. The number of ether oxygens (including phenoxy) is 16. The second-order valence-electron chi connectivity index (χ2n) is 33.3. The highest BCUT2D eigenvalue weighted by atomic mass is 16.7. The van der Waals surface area contributed by atoms with Gasteiger partial charge in [-0.15, -0.1) is 0 Å². The summed E-state index contributed by atoms with van der Waals surface area (Å²) in [6.07, 6.45) is 0. The van der Waals surface area contributed by atoms with Crippen molar-refractivity contribution in [3.05, 3.63) is 502 Å². The Morgan fingerprint density at radius 3 is 0.543 bits per heavy atom. The first kappa shape index (κ1) is 93.1. The van der Waals surface area contributed by atoms with Crippen LogP contribution in [-0.2, 0) is 88.8 Å². The van der Waals surface area contributed by atoms with Gasteiger partial charge in [-0.1, -0.05) is 315 Å². The molecule has 0 saturated heterocycles. The van der Waals surface area contributed by atoms with Crippen molar-refractivity contribution in [3.8, 4) is 115 Å². The van der Waals surface area contributed by atoms with Crippen LogP contribution in [0.5, 0.6) is 80.5 Å². The second-order valence-corrected chi connectivity index (χ2v) is 33.3. The molecule has 0 bridgehead atoms. The highest BCUT2D eigenvalue weighted by Crippen LogP contribution is 2.49. The molecule has 16 heteroatoms. The number of benzene rings is 18. The van der Waals surface area contributed by atoms with Crippen LogP contribution in [0.15, 0.2) is 413 Å². The van der Waals surface area contributed by atoms with Crippen molar-refractivity contribution in [3.63, 3.8) is 0 Å². The second kappa shape index (κ2) is 47.8. The fourth-order valence-corrected chi connectivity index (χ4v) is 15.9. The van der Waals surface area contributed by atoms with Crippen LogP contribution in [0, 0.1) is 23.7 Å². The zero-order chi connectivity index (χ0) is 94.9. The van der Waals surface area contributed by atoms with Gasteiger partial charge in [-0.2, -0.15) is 0 Å². The average molecular weight is 1850 g/mol. The summed E-state index contributed by atoms with van der Waals surface area (Å²) in [6.45, 7) is 2.89. The van der Waals surface area contributed by atoms with Gasteiger partial charge in [0.05, 0.1) is 11.1 Å². The van der Waals surface area contributed by atoms with Crippen LogP contribution >= 0.6 is 0 Å². The molecule has 18 rings (SSSR count). The van der Waals surface area contributed by atoms with Crippen LogP contribution in [0.1, 0.15) is 89.0 Å². The Balaban J connectivity index is 0.721. The molecule has 0 aliphatic heterocycles. The molecule has 0 heterocycles. The molecule has 18 aromatic rings. The van der Waals surface area contributed by atoms with Crippen LogP contribution < -0.4 is 66.3 Å². The summed E-state index contributed by atoms with van der Waals surface area (Å²) in [5.74, 6) is 22.0. The summed E-state index contributed by atoms with van der Waals surface area (Å²) < 4.78 is 105. The molecule has 0 unspecified atom stereocenters. The first-order chi connectivity index (χ1) is 69.2. The van der Waals surface area contributed by atoms with Gasteiger partial charge in [0, 0.05) is 72.9 Å². The minimum Gasteiger partial charge on any atom is -0.489 e. The summed E-state index contributed by atoms with van der Waals surface area (Å²) >= 11 is 0. The van der Waals surface area contributed by atoms with Gasteiger partial charge in [0.15, 0.2) is 13.6 Å². The summed E-state index contributed by atoms with van der Waals surface area (Å²) in [5.41, 5.74) is 14.9. The first-order valence-corrected chi connectivity index (χ1v) is 46.3. The normalized spacial score (nSPS) is 10.8. The highest BCUT2D eigenvalue weighted by molar-refractivity contribution is 6.11. The molecule has 0 atom stereocenters. The van der Waals surface area contributed by atoms with E-state index >= 15 is 0 Å². The van der Waals surface area contributed by atoms with Crippen molar-refractivity contribution in [2.75, 3.05) is 27.8 Å². The molecule has 0 spiro atoms. The van der Waals surface area contributed by atoms with E-state index in [0.717, 1.165) is 88.3 Å². The van der Waals surface area contributed by atoms with Gasteiger partial charge < -0.3 is 75.8 Å². The molecular weight excluding hydrogens is 1750 g/mol. The maximum absolute atomic E-state index is 6.97. The van der Waals surface area contributed by atoms with Gasteiger partial charge in [0.25, 0.3) is 0 Å². The molecule has 694 valence electrons. The summed E-state index contributed by atoms with van der Waals surface area (Å²) in [4.78, 5) is 0. The fourth-order valence-electron chi connectivity index (χ4n) is 15.9. The van der Waals surface area contributed by atoms with E-state index in [1.54, 1.807) is 14.2 Å². The zero-order valence-corrected chi connectivity index (χ0v) is 77.7. The number of hydrogen-bond acceptors (Lipinski definition) is 16. The smallest absolute Gasteiger partial charge is 0.188 e. The number of rotatable bonds is 43. The van der Waals surface area contributed by atoms with Crippen molar-refractivity contribution in [2.24, 2.45) is 0 Å². The van der Waals surface area contributed by atoms with Crippen LogP contribution in [0.4, 0.5) is 0 Å². The van der Waals surface area contributed by atoms with Crippen LogP contribution in [0.25, 0.3) is 32.7 Å². The highest BCUT2D eigenvalue weighted by Gasteiger charge is 2.26. The molecule has 0 N–H and O–H groups in total. The summed E-state index contributed by atoms with van der Waals surface area (Å²) in [6, 6.07) is 136. The molecule has 0 aliphatic rings. The van der Waals surface area contributed by atoms with Crippen LogP contribution in [0.2, 0.25) is 0 Å². The van der Waals surface area contributed by atoms with Gasteiger partial charge in [-0.25, -0.2) is 0 Å². The van der Waals surface area contributed by atoms with E-state index in [0.29, 0.717) is 167 Å². The molecule has 0 aromatic heterocycles. The Hall–Kier alpha value is -17.3. The molecular formula is C124H102O16. The van der Waals surface area contributed by atoms with Crippen molar-refractivity contribution >= 4 is 21.5 Å². The Kier molecular flexibility index (Phi) is 31.8. The van der Waals surface area contributed by atoms with E-state index < -0.39 is 0 Å². The third kappa shape index (κ3) is 26.7. The Morgan fingerprint density at radius 1 is 0.164 bits per heavy atom. The van der Waals surface area contributed by atoms with Gasteiger partial charge >= 0.3 is 0 Å². The maximum Gasteiger partial charge on any atom is 0.188 e. The van der Waals surface area contributed by atoms with Gasteiger partial charge in [0.1, 0.15) is 160 Å². The van der Waals surface area contributed by atoms with Gasteiger partial charge in [0.2, 0.25) is 0 Å². The monoisotopic (exact) mass is 1850 g/mol. The minimum atomic E-state index is -0.155. The van der Waals surface area contributed by atoms with E-state index in [9.17, 15) is 0 Å². The zero-order valence-electron chi connectivity index (χ0n) is 77.7. The summed E-state index contributed by atoms with van der Waals surface area (Å²) in [5, 5.41) is 3.37. The fraction of sp³-hybridized carbons (Fsp3) is 0.129. The molecule has 0 radical (unpaired) electrons. The Morgan fingerprint density at radius 2 is 0.343 bits per heavy atom. The quantitative estimate of drug-likeness (QED) is 0.0263. The van der Waals surface area contributed by atoms with Crippen LogP contribution in [0.3, 0.4) is 0 Å². The lowest BCUT2D eigenvalue weighted by Gasteiger charge is -2.21. The van der Waals surface area contributed by atoms with Crippen molar-refractivity contribution in [1.29, 1.82) is 0 Å².